The monoisotopic (exact) mass is 500 g/mol. The summed E-state index contributed by atoms with van der Waals surface area (Å²) in [6, 6.07) is 21.1. The van der Waals surface area contributed by atoms with Crippen molar-refractivity contribution in [2.45, 2.75) is 33.0 Å². The number of fused-ring (bicyclic) bond motifs is 1. The molecule has 3 aromatic carbocycles. The molecule has 0 aliphatic rings. The molecule has 0 bridgehead atoms. The van der Waals surface area contributed by atoms with Gasteiger partial charge in [-0.25, -0.2) is 7.91 Å². The molecule has 6 heteroatoms. The van der Waals surface area contributed by atoms with Gasteiger partial charge in [0.1, 0.15) is 18.0 Å². The van der Waals surface area contributed by atoms with Crippen molar-refractivity contribution in [2.75, 3.05) is 3.11 Å². The third kappa shape index (κ3) is 5.39. The first-order valence-electron chi connectivity index (χ1n) is 9.10. The van der Waals surface area contributed by atoms with Gasteiger partial charge in [0.15, 0.2) is 0 Å². The smallest absolute Gasteiger partial charge is 0.423 e. The highest BCUT2D eigenvalue weighted by Gasteiger charge is 2.23. The van der Waals surface area contributed by atoms with E-state index in [1.54, 1.807) is 12.1 Å². The summed E-state index contributed by atoms with van der Waals surface area (Å²) in [5, 5.41) is 10.9. The van der Waals surface area contributed by atoms with Gasteiger partial charge in [-0.15, -0.1) is 0 Å². The largest absolute Gasteiger partial charge is 0.488 e. The number of halogens is 1. The average Bonchev–Trinajstić information content (AvgIpc) is 2.70. The predicted molar refractivity (Wildman–Crippen MR) is 122 cm³/mol. The Morgan fingerprint density at radius 2 is 1.83 bits per heavy atom. The van der Waals surface area contributed by atoms with E-state index in [0.29, 0.717) is 23.6 Å². The van der Waals surface area contributed by atoms with Crippen molar-refractivity contribution in [1.82, 2.24) is 0 Å². The Kier molecular flexibility index (Phi) is 6.28. The molecule has 0 radical (unpaired) electrons. The summed E-state index contributed by atoms with van der Waals surface area (Å²) >= 11 is 1.92. The molecule has 0 unspecified atom stereocenters. The van der Waals surface area contributed by atoms with Crippen LogP contribution in [0.2, 0.25) is 0 Å². The van der Waals surface area contributed by atoms with Crippen LogP contribution in [0.25, 0.3) is 10.8 Å². The summed E-state index contributed by atoms with van der Waals surface area (Å²) in [6.45, 7) is 5.86. The average molecular weight is 500 g/mol. The molecule has 0 fully saturated rings. The number of carbonyl (C=O) groups is 1. The number of nitriles is 1. The highest BCUT2D eigenvalue weighted by molar-refractivity contribution is 14.1. The molecule has 5 nitrogen and oxygen atoms in total. The van der Waals surface area contributed by atoms with Gasteiger partial charge in [0, 0.05) is 11.5 Å². The van der Waals surface area contributed by atoms with E-state index in [0.717, 1.165) is 16.3 Å². The van der Waals surface area contributed by atoms with E-state index in [4.69, 9.17) is 9.47 Å². The van der Waals surface area contributed by atoms with Gasteiger partial charge in [0.05, 0.1) is 40.2 Å². The fraction of sp³-hybridized carbons (Fsp3) is 0.217. The van der Waals surface area contributed by atoms with Gasteiger partial charge in [-0.3, -0.25) is 0 Å². The first-order chi connectivity index (χ1) is 13.8. The highest BCUT2D eigenvalue weighted by Crippen LogP contribution is 2.35. The van der Waals surface area contributed by atoms with Crippen LogP contribution in [0, 0.1) is 11.3 Å². The Morgan fingerprint density at radius 1 is 1.10 bits per heavy atom. The fourth-order valence-electron chi connectivity index (χ4n) is 2.76. The zero-order chi connectivity index (χ0) is 21.0. The van der Waals surface area contributed by atoms with E-state index in [2.05, 4.69) is 6.07 Å². The molecular formula is C23H21IN2O3. The summed E-state index contributed by atoms with van der Waals surface area (Å²) in [6.07, 6.45) is -0.470. The SMILES string of the molecule is CC(C)(C)OC(=O)N(I)c1cc(OCc2ccccc2)c2ccc(C#N)cc2c1. The molecule has 0 saturated heterocycles. The third-order valence-electron chi connectivity index (χ3n) is 4.05. The maximum absolute atomic E-state index is 12.5. The van der Waals surface area contributed by atoms with Crippen molar-refractivity contribution >= 4 is 45.4 Å². The molecule has 0 atom stereocenters. The standard InChI is InChI=1S/C23H21IN2O3/c1-23(2,3)29-22(27)26(24)19-12-18-11-17(14-25)9-10-20(18)21(13-19)28-15-16-7-5-4-6-8-16/h4-13H,15H2,1-3H3. The van der Waals surface area contributed by atoms with Crippen LogP contribution in [0.3, 0.4) is 0 Å². The quantitative estimate of drug-likeness (QED) is 0.308. The van der Waals surface area contributed by atoms with Gasteiger partial charge >= 0.3 is 6.09 Å². The molecule has 0 N–H and O–H groups in total. The number of hydrogen-bond donors (Lipinski definition) is 0. The second kappa shape index (κ2) is 8.70. The number of anilines is 1. The molecule has 0 saturated carbocycles. The summed E-state index contributed by atoms with van der Waals surface area (Å²) in [4.78, 5) is 12.5. The van der Waals surface area contributed by atoms with Crippen LogP contribution in [-0.2, 0) is 11.3 Å². The number of carbonyl (C=O) groups excluding carboxylic acids is 1. The third-order valence-corrected chi connectivity index (χ3v) is 5.00. The molecule has 3 rings (SSSR count). The van der Waals surface area contributed by atoms with Crippen LogP contribution >= 0.6 is 22.9 Å². The molecular weight excluding hydrogens is 479 g/mol. The lowest BCUT2D eigenvalue weighted by molar-refractivity contribution is 0.0617. The minimum Gasteiger partial charge on any atom is -0.488 e. The van der Waals surface area contributed by atoms with Crippen molar-refractivity contribution < 1.29 is 14.3 Å². The van der Waals surface area contributed by atoms with E-state index in [1.807, 2.05) is 92.2 Å². The second-order valence-corrected chi connectivity index (χ2v) is 8.49. The first-order valence-corrected chi connectivity index (χ1v) is 10.1. The summed E-state index contributed by atoms with van der Waals surface area (Å²) < 4.78 is 13.0. The maximum atomic E-state index is 12.5. The lowest BCUT2D eigenvalue weighted by atomic mass is 10.1. The molecule has 0 spiro atoms. The summed E-state index contributed by atoms with van der Waals surface area (Å²) in [5.41, 5.74) is 1.60. The fourth-order valence-corrected chi connectivity index (χ4v) is 3.14. The Labute approximate surface area is 184 Å². The molecule has 0 heterocycles. The van der Waals surface area contributed by atoms with E-state index in [9.17, 15) is 10.1 Å². The van der Waals surface area contributed by atoms with Crippen molar-refractivity contribution in [1.29, 1.82) is 5.26 Å². The van der Waals surface area contributed by atoms with E-state index in [1.165, 1.54) is 3.11 Å². The molecule has 0 aliphatic heterocycles. The molecule has 0 aliphatic carbocycles. The summed E-state index contributed by atoms with van der Waals surface area (Å²) in [5.74, 6) is 0.635. The van der Waals surface area contributed by atoms with Crippen molar-refractivity contribution in [3.05, 3.63) is 71.8 Å². The number of nitrogens with zero attached hydrogens (tertiary/aromatic N) is 2. The van der Waals surface area contributed by atoms with E-state index >= 15 is 0 Å². The van der Waals surface area contributed by atoms with E-state index in [-0.39, 0.29) is 0 Å². The molecule has 3 aromatic rings. The van der Waals surface area contributed by atoms with Crippen LogP contribution in [-0.4, -0.2) is 11.7 Å². The van der Waals surface area contributed by atoms with Crippen LogP contribution in [0.5, 0.6) is 5.75 Å². The zero-order valence-corrected chi connectivity index (χ0v) is 18.6. The van der Waals surface area contributed by atoms with Crippen LogP contribution in [0.4, 0.5) is 10.5 Å². The minimum atomic E-state index is -0.599. The van der Waals surface area contributed by atoms with Crippen molar-refractivity contribution in [3.8, 4) is 11.8 Å². The lowest BCUT2D eigenvalue weighted by Crippen LogP contribution is -2.30. The van der Waals surface area contributed by atoms with Crippen LogP contribution in [0.15, 0.2) is 60.7 Å². The number of amides is 1. The zero-order valence-electron chi connectivity index (χ0n) is 16.5. The Morgan fingerprint density at radius 3 is 2.48 bits per heavy atom. The number of hydrogen-bond acceptors (Lipinski definition) is 4. The van der Waals surface area contributed by atoms with Gasteiger partial charge in [0.25, 0.3) is 0 Å². The lowest BCUT2D eigenvalue weighted by Gasteiger charge is -2.24. The van der Waals surface area contributed by atoms with Gasteiger partial charge in [-0.2, -0.15) is 5.26 Å². The van der Waals surface area contributed by atoms with Crippen molar-refractivity contribution in [3.63, 3.8) is 0 Å². The normalized spacial score (nSPS) is 11.0. The molecule has 29 heavy (non-hydrogen) atoms. The molecule has 148 valence electrons. The van der Waals surface area contributed by atoms with Gasteiger partial charge < -0.3 is 9.47 Å². The maximum Gasteiger partial charge on any atom is 0.423 e. The number of benzene rings is 3. The molecule has 1 amide bonds. The first kappa shape index (κ1) is 20.9. The topological polar surface area (TPSA) is 62.6 Å². The molecule has 0 aromatic heterocycles. The van der Waals surface area contributed by atoms with Gasteiger partial charge in [0.2, 0.25) is 0 Å². The number of ether oxygens (including phenoxy) is 2. The van der Waals surface area contributed by atoms with Gasteiger partial charge in [-0.1, -0.05) is 30.3 Å². The Balaban J connectivity index is 1.99. The van der Waals surface area contributed by atoms with Gasteiger partial charge in [-0.05, 0) is 56.0 Å². The minimum absolute atomic E-state index is 0.396. The Hall–Kier alpha value is -2.79. The van der Waals surface area contributed by atoms with Crippen molar-refractivity contribution in [2.24, 2.45) is 0 Å². The second-order valence-electron chi connectivity index (χ2n) is 7.53. The van der Waals surface area contributed by atoms with Crippen LogP contribution in [0.1, 0.15) is 31.9 Å². The predicted octanol–water partition coefficient (Wildman–Crippen LogP) is 6.38. The summed E-state index contributed by atoms with van der Waals surface area (Å²) in [7, 11) is 0. The van der Waals surface area contributed by atoms with E-state index < -0.39 is 11.7 Å². The number of rotatable bonds is 4. The Bertz CT molecular complexity index is 1070. The highest BCUT2D eigenvalue weighted by atomic mass is 127. The van der Waals surface area contributed by atoms with Crippen LogP contribution < -0.4 is 7.85 Å².